The third-order valence-electron chi connectivity index (χ3n) is 6.71. The van der Waals surface area contributed by atoms with Gasteiger partial charge in [-0.05, 0) is 67.5 Å². The van der Waals surface area contributed by atoms with Gasteiger partial charge >= 0.3 is 0 Å². The minimum atomic E-state index is -3.07. The Balaban J connectivity index is 1.53. The number of hydrogen-bond donors (Lipinski definition) is 0. The predicted molar refractivity (Wildman–Crippen MR) is 163 cm³/mol. The summed E-state index contributed by atoms with van der Waals surface area (Å²) in [5, 5.41) is 0. The van der Waals surface area contributed by atoms with Crippen LogP contribution in [0.1, 0.15) is 69.4 Å². The molecule has 0 N–H and O–H groups in total. The zero-order valence-corrected chi connectivity index (χ0v) is 25.7. The summed E-state index contributed by atoms with van der Waals surface area (Å²) >= 11 is 3.24. The first-order valence-corrected chi connectivity index (χ1v) is 17.4. The fraction of sp³-hybridized carbons (Fsp3) is 0.548. The molecule has 3 nitrogen and oxygen atoms in total. The summed E-state index contributed by atoms with van der Waals surface area (Å²) in [5.74, 6) is 0.312. The summed E-state index contributed by atoms with van der Waals surface area (Å²) in [5.41, 5.74) is 2.73. The highest BCUT2D eigenvalue weighted by Crippen LogP contribution is 2.42. The van der Waals surface area contributed by atoms with Crippen molar-refractivity contribution in [3.05, 3.63) is 69.5 Å². The van der Waals surface area contributed by atoms with Gasteiger partial charge in [0.2, 0.25) is 0 Å². The van der Waals surface area contributed by atoms with Crippen LogP contribution in [0.2, 0.25) is 0 Å². The van der Waals surface area contributed by atoms with Crippen LogP contribution >= 0.6 is 23.5 Å². The fourth-order valence-corrected chi connectivity index (χ4v) is 9.26. The number of aryl methyl sites for hydroxylation is 2. The summed E-state index contributed by atoms with van der Waals surface area (Å²) in [6.07, 6.45) is 12.5. The molecule has 0 unspecified atom stereocenters. The molecule has 0 aromatic heterocycles. The molecule has 0 saturated heterocycles. The van der Waals surface area contributed by atoms with E-state index in [0.717, 1.165) is 36.9 Å². The van der Waals surface area contributed by atoms with Crippen molar-refractivity contribution < 1.29 is 12.9 Å². The van der Waals surface area contributed by atoms with E-state index in [-0.39, 0.29) is 11.5 Å². The van der Waals surface area contributed by atoms with E-state index in [4.69, 9.17) is 0 Å². The van der Waals surface area contributed by atoms with Crippen LogP contribution in [0.4, 0.5) is 0 Å². The Kier molecular flexibility index (Phi) is 12.1. The fourth-order valence-electron chi connectivity index (χ4n) is 4.54. The summed E-state index contributed by atoms with van der Waals surface area (Å²) in [4.78, 5) is 4.21. The summed E-state index contributed by atoms with van der Waals surface area (Å²) in [6, 6.07) is 17.4. The molecule has 0 amide bonds. The molecule has 0 atom stereocenters. The third kappa shape index (κ3) is 11.6. The zero-order chi connectivity index (χ0) is 26.7. The van der Waals surface area contributed by atoms with E-state index in [9.17, 15) is 8.42 Å². The first kappa shape index (κ1) is 30.3. The summed E-state index contributed by atoms with van der Waals surface area (Å²) in [6.45, 7) is 3.45. The highest BCUT2D eigenvalue weighted by molar-refractivity contribution is 8.09. The van der Waals surface area contributed by atoms with Crippen molar-refractivity contribution >= 4 is 33.4 Å². The van der Waals surface area contributed by atoms with E-state index in [2.05, 4.69) is 76.6 Å². The lowest BCUT2D eigenvalue weighted by atomic mass is 10.1. The lowest BCUT2D eigenvalue weighted by Crippen LogP contribution is -2.35. The normalized spacial score (nSPS) is 15.5. The first-order valence-electron chi connectivity index (χ1n) is 13.9. The molecule has 0 aliphatic carbocycles. The molecule has 6 heteroatoms. The maximum atomic E-state index is 12.5. The molecule has 1 aliphatic heterocycles. The van der Waals surface area contributed by atoms with E-state index < -0.39 is 9.84 Å². The number of thioether (sulfide) groups is 2. The van der Waals surface area contributed by atoms with E-state index in [1.807, 2.05) is 0 Å². The Labute approximate surface area is 235 Å². The molecule has 1 aliphatic rings. The highest BCUT2D eigenvalue weighted by Gasteiger charge is 2.29. The largest absolute Gasteiger partial charge is 0.331 e. The van der Waals surface area contributed by atoms with Crippen molar-refractivity contribution in [3.63, 3.8) is 0 Å². The van der Waals surface area contributed by atoms with Gasteiger partial charge in [0.15, 0.2) is 9.84 Å². The van der Waals surface area contributed by atoms with Crippen molar-refractivity contribution in [3.8, 4) is 0 Å². The van der Waals surface area contributed by atoms with Crippen LogP contribution < -0.4 is 0 Å². The molecule has 2 aromatic carbocycles. The molecule has 0 spiro atoms. The molecular formula is C31H46NO2S3+. The molecule has 1 heterocycles. The highest BCUT2D eigenvalue weighted by atomic mass is 32.2. The van der Waals surface area contributed by atoms with Crippen molar-refractivity contribution in [2.75, 3.05) is 39.2 Å². The third-order valence-corrected chi connectivity index (χ3v) is 10.9. The molecule has 0 saturated carbocycles. The van der Waals surface area contributed by atoms with Gasteiger partial charge in [0.1, 0.15) is 0 Å². The standard InChI is InChI=1S/C31H46NO2S3/c1-5-6-7-8-9-10-13-26-15-19-28(20-16-26)35-30-24-37(33,34)25-31(30)36-29-21-17-27(18-22-29)14-11-12-23-32(2,3)4/h15-22H,5-14,23-25H2,1-4H3/q+1. The first-order chi connectivity index (χ1) is 17.6. The summed E-state index contributed by atoms with van der Waals surface area (Å²) in [7, 11) is 3.65. The van der Waals surface area contributed by atoms with Gasteiger partial charge in [-0.15, -0.1) is 0 Å². The Morgan fingerprint density at radius 1 is 0.649 bits per heavy atom. The van der Waals surface area contributed by atoms with Crippen LogP contribution in [-0.2, 0) is 22.7 Å². The number of quaternary nitrogens is 1. The molecule has 0 fully saturated rings. The molecular weight excluding hydrogens is 515 g/mol. The van der Waals surface area contributed by atoms with Gasteiger partial charge < -0.3 is 4.48 Å². The van der Waals surface area contributed by atoms with Crippen molar-refractivity contribution in [2.24, 2.45) is 0 Å². The van der Waals surface area contributed by atoms with E-state index in [1.54, 1.807) is 23.5 Å². The van der Waals surface area contributed by atoms with Gasteiger partial charge in [0.05, 0.1) is 39.2 Å². The number of unbranched alkanes of at least 4 members (excludes halogenated alkanes) is 6. The van der Waals surface area contributed by atoms with Crippen LogP contribution in [0.25, 0.3) is 0 Å². The van der Waals surface area contributed by atoms with Gasteiger partial charge in [0.25, 0.3) is 0 Å². The molecule has 0 bridgehead atoms. The zero-order valence-electron chi connectivity index (χ0n) is 23.3. The monoisotopic (exact) mass is 560 g/mol. The van der Waals surface area contributed by atoms with Crippen LogP contribution in [-0.4, -0.2) is 52.1 Å². The van der Waals surface area contributed by atoms with Crippen LogP contribution in [0.3, 0.4) is 0 Å². The van der Waals surface area contributed by atoms with Crippen LogP contribution in [0, 0.1) is 0 Å². The van der Waals surface area contributed by atoms with Gasteiger partial charge in [-0.25, -0.2) is 8.42 Å². The maximum Gasteiger partial charge on any atom is 0.159 e. The van der Waals surface area contributed by atoms with E-state index in [1.165, 1.54) is 69.0 Å². The molecule has 0 radical (unpaired) electrons. The second kappa shape index (κ2) is 14.8. The Hall–Kier alpha value is -1.21. The Morgan fingerprint density at radius 2 is 1.08 bits per heavy atom. The average Bonchev–Trinajstić information content (AvgIpc) is 3.13. The maximum absolute atomic E-state index is 12.5. The lowest BCUT2D eigenvalue weighted by Gasteiger charge is -2.23. The molecule has 2 aromatic rings. The number of benzene rings is 2. The van der Waals surface area contributed by atoms with Crippen LogP contribution in [0.5, 0.6) is 0 Å². The minimum Gasteiger partial charge on any atom is -0.331 e. The smallest absolute Gasteiger partial charge is 0.159 e. The number of rotatable bonds is 16. The number of nitrogens with zero attached hydrogens (tertiary/aromatic N) is 1. The molecule has 37 heavy (non-hydrogen) atoms. The van der Waals surface area contributed by atoms with Crippen LogP contribution in [0.15, 0.2) is 68.1 Å². The average molecular weight is 561 g/mol. The van der Waals surface area contributed by atoms with Gasteiger partial charge in [0, 0.05) is 19.6 Å². The number of sulfone groups is 1. The topological polar surface area (TPSA) is 34.1 Å². The van der Waals surface area contributed by atoms with Gasteiger partial charge in [-0.2, -0.15) is 0 Å². The SMILES string of the molecule is CCCCCCCCc1ccc(SC2=C(Sc3ccc(CCCC[N+](C)(C)C)cc3)CS(=O)(=O)C2)cc1. The second-order valence-corrected chi connectivity index (χ2v) is 15.8. The van der Waals surface area contributed by atoms with Gasteiger partial charge in [-0.1, -0.05) is 86.8 Å². The minimum absolute atomic E-state index is 0.156. The summed E-state index contributed by atoms with van der Waals surface area (Å²) < 4.78 is 26.0. The lowest BCUT2D eigenvalue weighted by molar-refractivity contribution is -0.870. The van der Waals surface area contributed by atoms with Crippen molar-refractivity contribution in [2.45, 2.75) is 80.9 Å². The van der Waals surface area contributed by atoms with E-state index >= 15 is 0 Å². The van der Waals surface area contributed by atoms with Crippen molar-refractivity contribution in [1.82, 2.24) is 0 Å². The Morgan fingerprint density at radius 3 is 1.54 bits per heavy atom. The predicted octanol–water partition coefficient (Wildman–Crippen LogP) is 8.14. The van der Waals surface area contributed by atoms with E-state index in [0.29, 0.717) is 0 Å². The van der Waals surface area contributed by atoms with Crippen molar-refractivity contribution in [1.29, 1.82) is 0 Å². The number of hydrogen-bond acceptors (Lipinski definition) is 4. The molecule has 3 rings (SSSR count). The Bertz CT molecular complexity index is 1100. The second-order valence-electron chi connectivity index (χ2n) is 11.4. The quantitative estimate of drug-likeness (QED) is 0.153. The molecule has 204 valence electrons. The van der Waals surface area contributed by atoms with Gasteiger partial charge in [-0.3, -0.25) is 0 Å².